The molecule has 0 aliphatic heterocycles. The fourth-order valence-corrected chi connectivity index (χ4v) is 4.40. The fourth-order valence-electron chi connectivity index (χ4n) is 3.76. The lowest BCUT2D eigenvalue weighted by molar-refractivity contribution is 0.411. The van der Waals surface area contributed by atoms with Crippen molar-refractivity contribution < 1.29 is 4.74 Å². The van der Waals surface area contributed by atoms with Gasteiger partial charge < -0.3 is 10.1 Å². The predicted octanol–water partition coefficient (Wildman–Crippen LogP) is 7.08. The smallest absolute Gasteiger partial charge is 0.235 e. The largest absolute Gasteiger partial charge is 0.494 e. The Kier molecular flexibility index (Phi) is 8.00. The molecular formula is C28H29N5OS. The predicted molar refractivity (Wildman–Crippen MR) is 146 cm³/mol. The molecule has 0 fully saturated rings. The van der Waals surface area contributed by atoms with Crippen molar-refractivity contribution >= 4 is 34.0 Å². The lowest BCUT2D eigenvalue weighted by Gasteiger charge is -2.11. The first-order valence-corrected chi connectivity index (χ1v) is 12.4. The zero-order valence-electron chi connectivity index (χ0n) is 20.4. The number of hydrogen-bond donors (Lipinski definition) is 1. The van der Waals surface area contributed by atoms with Gasteiger partial charge in [-0.2, -0.15) is 9.36 Å². The molecule has 1 aromatic carbocycles. The SMILES string of the molecule is C\C=C/C(=C\C(C)=C\CC)c1ncc(CNc2nsc(-c3ccc4ncccc4c3)n2)cc1OC. The van der Waals surface area contributed by atoms with Crippen molar-refractivity contribution in [1.29, 1.82) is 0 Å². The zero-order chi connectivity index (χ0) is 24.6. The van der Waals surface area contributed by atoms with Gasteiger partial charge in [-0.15, -0.1) is 0 Å². The Morgan fingerprint density at radius 1 is 1.17 bits per heavy atom. The number of allylic oxidation sites excluding steroid dienone is 6. The van der Waals surface area contributed by atoms with Crippen molar-refractivity contribution in [2.75, 3.05) is 12.4 Å². The Morgan fingerprint density at radius 3 is 2.86 bits per heavy atom. The first kappa shape index (κ1) is 24.3. The molecule has 0 radical (unpaired) electrons. The molecule has 0 saturated heterocycles. The molecule has 0 aliphatic rings. The van der Waals surface area contributed by atoms with E-state index in [1.54, 1.807) is 13.3 Å². The van der Waals surface area contributed by atoms with Crippen LogP contribution in [0.25, 0.3) is 27.0 Å². The molecule has 7 heteroatoms. The van der Waals surface area contributed by atoms with Gasteiger partial charge in [-0.05, 0) is 67.7 Å². The van der Waals surface area contributed by atoms with Crippen LogP contribution in [-0.4, -0.2) is 26.4 Å². The summed E-state index contributed by atoms with van der Waals surface area (Å²) in [5, 5.41) is 5.25. The summed E-state index contributed by atoms with van der Waals surface area (Å²) >= 11 is 1.37. The van der Waals surface area contributed by atoms with Crippen molar-refractivity contribution in [3.8, 4) is 16.3 Å². The molecular weight excluding hydrogens is 454 g/mol. The van der Waals surface area contributed by atoms with E-state index in [9.17, 15) is 0 Å². The van der Waals surface area contributed by atoms with E-state index < -0.39 is 0 Å². The number of aromatic nitrogens is 4. The van der Waals surface area contributed by atoms with Gasteiger partial charge >= 0.3 is 0 Å². The normalized spacial score (nSPS) is 12.5. The molecule has 1 N–H and O–H groups in total. The minimum atomic E-state index is 0.541. The van der Waals surface area contributed by atoms with E-state index in [1.807, 2.05) is 49.5 Å². The number of ether oxygens (including phenoxy) is 1. The van der Waals surface area contributed by atoms with Gasteiger partial charge in [0.05, 0.1) is 12.6 Å². The summed E-state index contributed by atoms with van der Waals surface area (Å²) in [6, 6.07) is 12.1. The van der Waals surface area contributed by atoms with Gasteiger partial charge in [0, 0.05) is 35.5 Å². The van der Waals surface area contributed by atoms with Crippen LogP contribution in [0.1, 0.15) is 38.4 Å². The third kappa shape index (κ3) is 6.00. The number of methoxy groups -OCH3 is 1. The van der Waals surface area contributed by atoms with Crippen LogP contribution in [0.5, 0.6) is 5.75 Å². The molecule has 3 aromatic heterocycles. The first-order valence-electron chi connectivity index (χ1n) is 11.6. The second-order valence-electron chi connectivity index (χ2n) is 8.04. The highest BCUT2D eigenvalue weighted by Crippen LogP contribution is 2.29. The Hall–Kier alpha value is -3.84. The molecule has 0 saturated carbocycles. The van der Waals surface area contributed by atoms with Crippen molar-refractivity contribution in [3.05, 3.63) is 89.9 Å². The molecule has 0 atom stereocenters. The second-order valence-corrected chi connectivity index (χ2v) is 8.79. The number of nitrogens with one attached hydrogen (secondary N) is 1. The second kappa shape index (κ2) is 11.5. The quantitative estimate of drug-likeness (QED) is 0.256. The van der Waals surface area contributed by atoms with Gasteiger partial charge in [0.2, 0.25) is 5.95 Å². The van der Waals surface area contributed by atoms with E-state index in [4.69, 9.17) is 9.72 Å². The van der Waals surface area contributed by atoms with E-state index in [2.05, 4.69) is 57.8 Å². The fraction of sp³-hybridized carbons (Fsp3) is 0.214. The maximum Gasteiger partial charge on any atom is 0.235 e. The van der Waals surface area contributed by atoms with Crippen LogP contribution in [0, 0.1) is 0 Å². The molecule has 35 heavy (non-hydrogen) atoms. The molecule has 6 nitrogen and oxygen atoms in total. The van der Waals surface area contributed by atoms with Gasteiger partial charge in [-0.3, -0.25) is 9.97 Å². The molecule has 0 aliphatic carbocycles. The Balaban J connectivity index is 1.50. The number of fused-ring (bicyclic) bond motifs is 1. The Bertz CT molecular complexity index is 1400. The highest BCUT2D eigenvalue weighted by atomic mass is 32.1. The van der Waals surface area contributed by atoms with E-state index in [0.717, 1.165) is 50.5 Å². The number of nitrogens with zero attached hydrogens (tertiary/aromatic N) is 4. The minimum Gasteiger partial charge on any atom is -0.494 e. The summed E-state index contributed by atoms with van der Waals surface area (Å²) in [4.78, 5) is 13.8. The lowest BCUT2D eigenvalue weighted by atomic mass is 10.1. The van der Waals surface area contributed by atoms with Gasteiger partial charge in [-0.25, -0.2) is 0 Å². The van der Waals surface area contributed by atoms with Gasteiger partial charge in [0.1, 0.15) is 16.5 Å². The zero-order valence-corrected chi connectivity index (χ0v) is 21.3. The van der Waals surface area contributed by atoms with Crippen LogP contribution < -0.4 is 10.1 Å². The molecule has 0 unspecified atom stereocenters. The topological polar surface area (TPSA) is 72.8 Å². The lowest BCUT2D eigenvalue weighted by Crippen LogP contribution is -2.03. The Morgan fingerprint density at radius 2 is 2.06 bits per heavy atom. The first-order chi connectivity index (χ1) is 17.1. The molecule has 0 bridgehead atoms. The average molecular weight is 484 g/mol. The third-order valence-electron chi connectivity index (χ3n) is 5.38. The van der Waals surface area contributed by atoms with Crippen LogP contribution in [0.3, 0.4) is 0 Å². The molecule has 178 valence electrons. The van der Waals surface area contributed by atoms with Crippen molar-refractivity contribution in [3.63, 3.8) is 0 Å². The molecule has 0 spiro atoms. The number of hydrogen-bond acceptors (Lipinski definition) is 7. The monoisotopic (exact) mass is 483 g/mol. The van der Waals surface area contributed by atoms with E-state index in [1.165, 1.54) is 17.1 Å². The van der Waals surface area contributed by atoms with Crippen molar-refractivity contribution in [1.82, 2.24) is 19.3 Å². The van der Waals surface area contributed by atoms with Crippen molar-refractivity contribution in [2.24, 2.45) is 0 Å². The highest BCUT2D eigenvalue weighted by Gasteiger charge is 2.12. The minimum absolute atomic E-state index is 0.541. The summed E-state index contributed by atoms with van der Waals surface area (Å²) in [5.74, 6) is 1.32. The Labute approximate surface area is 210 Å². The average Bonchev–Trinajstić information content (AvgIpc) is 3.36. The van der Waals surface area contributed by atoms with E-state index >= 15 is 0 Å². The van der Waals surface area contributed by atoms with Gasteiger partial charge in [0.25, 0.3) is 0 Å². The van der Waals surface area contributed by atoms with Crippen LogP contribution >= 0.6 is 11.5 Å². The number of rotatable bonds is 9. The summed E-state index contributed by atoms with van der Waals surface area (Å²) in [6.07, 6.45) is 13.1. The standard InChI is InChI=1S/C28H29N5OS/c1-5-8-19(3)14-22(9-6-2)26-25(34-4)15-20(17-30-26)18-31-28-32-27(35-33-28)23-11-12-24-21(16-23)10-7-13-29-24/h6-17H,5,18H2,1-4H3,(H,31,33)/b9-6-,19-8+,22-14+. The van der Waals surface area contributed by atoms with Gasteiger partial charge in [-0.1, -0.05) is 42.9 Å². The summed E-state index contributed by atoms with van der Waals surface area (Å²) in [6.45, 7) is 6.77. The van der Waals surface area contributed by atoms with Crippen molar-refractivity contribution in [2.45, 2.75) is 33.7 Å². The summed E-state index contributed by atoms with van der Waals surface area (Å²) < 4.78 is 10.2. The molecule has 3 heterocycles. The molecule has 0 amide bonds. The van der Waals surface area contributed by atoms with E-state index in [-0.39, 0.29) is 0 Å². The number of pyridine rings is 2. The van der Waals surface area contributed by atoms with Crippen LogP contribution in [0.15, 0.2) is 78.7 Å². The van der Waals surface area contributed by atoms with Crippen LogP contribution in [0.4, 0.5) is 5.95 Å². The van der Waals surface area contributed by atoms with E-state index in [0.29, 0.717) is 12.5 Å². The maximum atomic E-state index is 5.69. The van der Waals surface area contributed by atoms with Gasteiger partial charge in [0.15, 0.2) is 0 Å². The molecule has 4 rings (SSSR count). The summed E-state index contributed by atoms with van der Waals surface area (Å²) in [5.41, 5.74) is 6.01. The number of anilines is 1. The third-order valence-corrected chi connectivity index (χ3v) is 6.15. The van der Waals surface area contributed by atoms with Crippen LogP contribution in [-0.2, 0) is 6.54 Å². The number of benzene rings is 1. The van der Waals surface area contributed by atoms with Crippen LogP contribution in [0.2, 0.25) is 0 Å². The molecule has 4 aromatic rings. The maximum absolute atomic E-state index is 5.69. The highest BCUT2D eigenvalue weighted by molar-refractivity contribution is 7.09. The summed E-state index contributed by atoms with van der Waals surface area (Å²) in [7, 11) is 1.67.